The molecule has 0 unspecified atom stereocenters. The molecule has 3 rings (SSSR count). The minimum absolute atomic E-state index is 0.228. The van der Waals surface area contributed by atoms with E-state index in [0.29, 0.717) is 46.7 Å². The molecule has 0 saturated carbocycles. The molecule has 0 radical (unpaired) electrons. The molecule has 3 aromatic rings. The van der Waals surface area contributed by atoms with Gasteiger partial charge in [0.15, 0.2) is 5.13 Å². The third-order valence-corrected chi connectivity index (χ3v) is 4.82. The Labute approximate surface area is 190 Å². The normalized spacial score (nSPS) is 11.5. The fraction of sp³-hybridized carbons (Fsp3) is 0.261. The van der Waals surface area contributed by atoms with Gasteiger partial charge < -0.3 is 18.9 Å². The molecular formula is C23H24N2O6S. The molecule has 0 bridgehead atoms. The van der Waals surface area contributed by atoms with Gasteiger partial charge in [0.25, 0.3) is 5.91 Å². The van der Waals surface area contributed by atoms with Crippen LogP contribution >= 0.6 is 11.3 Å². The van der Waals surface area contributed by atoms with Crippen LogP contribution in [-0.4, -0.2) is 43.3 Å². The van der Waals surface area contributed by atoms with E-state index in [1.54, 1.807) is 68.1 Å². The number of rotatable bonds is 10. The van der Waals surface area contributed by atoms with Gasteiger partial charge >= 0.3 is 5.97 Å². The number of anilines is 1. The summed E-state index contributed by atoms with van der Waals surface area (Å²) in [6.07, 6.45) is 1.38. The minimum atomic E-state index is -0.400. The minimum Gasteiger partial charge on any atom is -0.488 e. The number of ether oxygens (including phenoxy) is 4. The molecule has 168 valence electrons. The van der Waals surface area contributed by atoms with Gasteiger partial charge in [-0.05, 0) is 50.2 Å². The van der Waals surface area contributed by atoms with Crippen molar-refractivity contribution in [2.75, 3.05) is 25.6 Å². The van der Waals surface area contributed by atoms with Crippen molar-refractivity contribution in [2.45, 2.75) is 20.0 Å². The van der Waals surface area contributed by atoms with Crippen LogP contribution in [0.2, 0.25) is 0 Å². The van der Waals surface area contributed by atoms with E-state index in [9.17, 15) is 9.59 Å². The predicted octanol–water partition coefficient (Wildman–Crippen LogP) is 4.78. The summed E-state index contributed by atoms with van der Waals surface area (Å²) in [4.78, 5) is 28.6. The summed E-state index contributed by atoms with van der Waals surface area (Å²) >= 11 is 1.32. The molecule has 32 heavy (non-hydrogen) atoms. The Hall–Kier alpha value is -3.43. The van der Waals surface area contributed by atoms with Crippen molar-refractivity contribution in [3.05, 3.63) is 65.2 Å². The Balaban J connectivity index is 1.82. The first kappa shape index (κ1) is 23.2. The zero-order valence-corrected chi connectivity index (χ0v) is 18.8. The highest BCUT2D eigenvalue weighted by atomic mass is 32.1. The van der Waals surface area contributed by atoms with Gasteiger partial charge in [-0.15, -0.1) is 11.3 Å². The summed E-state index contributed by atoms with van der Waals surface area (Å²) in [5, 5.41) is 5.01. The van der Waals surface area contributed by atoms with Crippen LogP contribution in [0.1, 0.15) is 34.6 Å². The molecule has 1 N–H and O–H groups in total. The zero-order chi connectivity index (χ0) is 22.9. The zero-order valence-electron chi connectivity index (χ0n) is 18.0. The fourth-order valence-electron chi connectivity index (χ4n) is 2.79. The van der Waals surface area contributed by atoms with Crippen molar-refractivity contribution in [1.29, 1.82) is 0 Å². The van der Waals surface area contributed by atoms with E-state index < -0.39 is 5.97 Å². The Morgan fingerprint density at radius 3 is 2.47 bits per heavy atom. The number of nitrogens with one attached hydrogen (secondary N) is 1. The van der Waals surface area contributed by atoms with E-state index in [0.717, 1.165) is 0 Å². The number of aromatic nitrogens is 1. The molecule has 8 nitrogen and oxygen atoms in total. The van der Waals surface area contributed by atoms with Gasteiger partial charge in [0, 0.05) is 30.3 Å². The molecule has 1 aromatic heterocycles. The maximum Gasteiger partial charge on any atom is 0.338 e. The molecular weight excluding hydrogens is 432 g/mol. The Kier molecular flexibility index (Phi) is 8.18. The number of esters is 1. The molecule has 0 spiro atoms. The average Bonchev–Trinajstić information content (AvgIpc) is 3.27. The summed E-state index contributed by atoms with van der Waals surface area (Å²) in [5.41, 5.74) is 0.772. The molecule has 9 heteroatoms. The number of hydrogen-bond acceptors (Lipinski definition) is 8. The lowest BCUT2D eigenvalue weighted by atomic mass is 10.2. The Bertz CT molecular complexity index is 1040. The summed E-state index contributed by atoms with van der Waals surface area (Å²) in [7, 11) is 1.59. The van der Waals surface area contributed by atoms with Crippen LogP contribution in [0.15, 0.2) is 54.0 Å². The second kappa shape index (κ2) is 11.3. The van der Waals surface area contributed by atoms with Crippen LogP contribution in [0.4, 0.5) is 5.13 Å². The first-order valence-corrected chi connectivity index (χ1v) is 10.8. The predicted molar refractivity (Wildman–Crippen MR) is 121 cm³/mol. The molecule has 0 aliphatic carbocycles. The van der Waals surface area contributed by atoms with Gasteiger partial charge in [-0.25, -0.2) is 9.78 Å². The van der Waals surface area contributed by atoms with Crippen LogP contribution in [0.25, 0.3) is 0 Å². The highest BCUT2D eigenvalue weighted by Gasteiger charge is 2.14. The van der Waals surface area contributed by atoms with Crippen LogP contribution in [0.5, 0.6) is 17.2 Å². The van der Waals surface area contributed by atoms with Gasteiger partial charge in [0.2, 0.25) is 0 Å². The number of carbonyl (C=O) groups excluding carboxylic acids is 2. The number of methoxy groups -OCH3 is 1. The first-order chi connectivity index (χ1) is 15.5. The maximum atomic E-state index is 12.7. The van der Waals surface area contributed by atoms with Crippen molar-refractivity contribution >= 4 is 28.3 Å². The van der Waals surface area contributed by atoms with E-state index in [2.05, 4.69) is 10.3 Å². The third kappa shape index (κ3) is 6.53. The van der Waals surface area contributed by atoms with Gasteiger partial charge in [-0.1, -0.05) is 0 Å². The van der Waals surface area contributed by atoms with Crippen molar-refractivity contribution < 1.29 is 28.5 Å². The van der Waals surface area contributed by atoms with Crippen molar-refractivity contribution in [1.82, 2.24) is 4.98 Å². The van der Waals surface area contributed by atoms with Gasteiger partial charge in [0.05, 0.1) is 18.8 Å². The average molecular weight is 457 g/mol. The van der Waals surface area contributed by atoms with Crippen molar-refractivity contribution in [3.63, 3.8) is 0 Å². The van der Waals surface area contributed by atoms with Crippen LogP contribution < -0.4 is 14.8 Å². The number of thiazole rings is 1. The lowest BCUT2D eigenvalue weighted by Gasteiger charge is -2.16. The highest BCUT2D eigenvalue weighted by molar-refractivity contribution is 7.13. The van der Waals surface area contributed by atoms with Gasteiger partial charge in [-0.2, -0.15) is 0 Å². The molecule has 0 fully saturated rings. The largest absolute Gasteiger partial charge is 0.488 e. The van der Waals surface area contributed by atoms with E-state index >= 15 is 0 Å². The quantitative estimate of drug-likeness (QED) is 0.439. The first-order valence-electron chi connectivity index (χ1n) is 9.95. The monoisotopic (exact) mass is 456 g/mol. The number of benzene rings is 2. The van der Waals surface area contributed by atoms with E-state index in [1.807, 2.05) is 6.92 Å². The molecule has 1 amide bonds. The van der Waals surface area contributed by atoms with E-state index in [-0.39, 0.29) is 12.0 Å². The number of carbonyl (C=O) groups is 2. The van der Waals surface area contributed by atoms with Crippen molar-refractivity contribution in [3.8, 4) is 17.2 Å². The standard InChI is InChI=1S/C23H24N2O6S/c1-4-29-22(27)16-5-7-18(8-6-16)31-20-12-17(21(26)25-23-24-9-10-32-23)11-19(13-20)30-15(2)14-28-3/h5-13,15H,4,14H2,1-3H3,(H,24,25,26)/t15-/m0/s1. The molecule has 0 aliphatic rings. The molecule has 1 heterocycles. The van der Waals surface area contributed by atoms with Gasteiger partial charge in [0.1, 0.15) is 23.4 Å². The highest BCUT2D eigenvalue weighted by Crippen LogP contribution is 2.29. The lowest BCUT2D eigenvalue weighted by molar-refractivity contribution is 0.0526. The smallest absolute Gasteiger partial charge is 0.338 e. The van der Waals surface area contributed by atoms with Crippen LogP contribution in [0, 0.1) is 0 Å². The number of nitrogens with zero attached hydrogens (tertiary/aromatic N) is 1. The number of amides is 1. The van der Waals surface area contributed by atoms with Gasteiger partial charge in [-0.3, -0.25) is 10.1 Å². The Morgan fingerprint density at radius 1 is 1.06 bits per heavy atom. The lowest BCUT2D eigenvalue weighted by Crippen LogP contribution is -2.18. The SMILES string of the molecule is CCOC(=O)c1ccc(Oc2cc(O[C@@H](C)COC)cc(C(=O)Nc3nccs3)c2)cc1. The van der Waals surface area contributed by atoms with E-state index in [1.165, 1.54) is 11.3 Å². The van der Waals surface area contributed by atoms with Crippen molar-refractivity contribution in [2.24, 2.45) is 0 Å². The maximum absolute atomic E-state index is 12.7. The molecule has 1 atom stereocenters. The third-order valence-electron chi connectivity index (χ3n) is 4.13. The summed E-state index contributed by atoms with van der Waals surface area (Å²) < 4.78 is 21.9. The second-order valence-electron chi connectivity index (χ2n) is 6.72. The summed E-state index contributed by atoms with van der Waals surface area (Å²) in [6, 6.07) is 11.5. The Morgan fingerprint density at radius 2 is 1.81 bits per heavy atom. The second-order valence-corrected chi connectivity index (χ2v) is 7.61. The van der Waals surface area contributed by atoms with Crippen LogP contribution in [0.3, 0.4) is 0 Å². The molecule has 0 aliphatic heterocycles. The molecule has 0 saturated heterocycles. The topological polar surface area (TPSA) is 96.0 Å². The molecule has 2 aromatic carbocycles. The van der Waals surface area contributed by atoms with Crippen LogP contribution in [-0.2, 0) is 9.47 Å². The summed E-state index contributed by atoms with van der Waals surface area (Å²) in [6.45, 7) is 4.30. The number of hydrogen-bond donors (Lipinski definition) is 1. The summed E-state index contributed by atoms with van der Waals surface area (Å²) in [5.74, 6) is 0.612. The fourth-order valence-corrected chi connectivity index (χ4v) is 3.32. The van der Waals surface area contributed by atoms with E-state index in [4.69, 9.17) is 18.9 Å².